The molecule has 3 aromatic rings. The Balaban J connectivity index is 1.70. The number of thiazole rings is 1. The quantitative estimate of drug-likeness (QED) is 0.578. The zero-order valence-electron chi connectivity index (χ0n) is 17.3. The van der Waals surface area contributed by atoms with E-state index in [4.69, 9.17) is 9.47 Å². The summed E-state index contributed by atoms with van der Waals surface area (Å²) in [6.07, 6.45) is -0.569. The Hall–Kier alpha value is -3.19. The van der Waals surface area contributed by atoms with Crippen molar-refractivity contribution in [3.05, 3.63) is 63.5 Å². The van der Waals surface area contributed by atoms with E-state index < -0.39 is 6.10 Å². The fourth-order valence-electron chi connectivity index (χ4n) is 3.56. The van der Waals surface area contributed by atoms with E-state index in [0.29, 0.717) is 17.9 Å². The summed E-state index contributed by atoms with van der Waals surface area (Å²) in [5, 5.41) is 1.00. The van der Waals surface area contributed by atoms with Gasteiger partial charge in [0.05, 0.1) is 35.6 Å². The molecule has 1 unspecified atom stereocenters. The predicted molar refractivity (Wildman–Crippen MR) is 116 cm³/mol. The zero-order valence-corrected chi connectivity index (χ0v) is 18.1. The Kier molecular flexibility index (Phi) is 5.30. The van der Waals surface area contributed by atoms with E-state index >= 15 is 0 Å². The van der Waals surface area contributed by atoms with Crippen LogP contribution in [0.4, 0.5) is 5.69 Å². The number of fused-ring (bicyclic) bond motifs is 1. The van der Waals surface area contributed by atoms with Gasteiger partial charge in [-0.2, -0.15) is 0 Å². The fraction of sp³-hybridized carbons (Fsp3) is 0.261. The molecule has 0 aliphatic carbocycles. The van der Waals surface area contributed by atoms with Gasteiger partial charge < -0.3 is 14.4 Å². The SMILES string of the molecule is COC(=O)c1ccc(CN2C(=O)C(C)Oc3ccc(-c4nc(C)sc4C)cc32)cc1. The molecule has 1 amide bonds. The number of anilines is 1. The van der Waals surface area contributed by atoms with Crippen LogP contribution in [0.2, 0.25) is 0 Å². The van der Waals surface area contributed by atoms with Crippen molar-refractivity contribution < 1.29 is 19.1 Å². The summed E-state index contributed by atoms with van der Waals surface area (Å²) in [7, 11) is 1.35. The van der Waals surface area contributed by atoms with Crippen LogP contribution in [-0.4, -0.2) is 30.1 Å². The average molecular weight is 423 g/mol. The van der Waals surface area contributed by atoms with Crippen LogP contribution in [0, 0.1) is 13.8 Å². The first-order chi connectivity index (χ1) is 14.4. The zero-order chi connectivity index (χ0) is 21.4. The summed E-state index contributed by atoms with van der Waals surface area (Å²) in [4.78, 5) is 32.1. The number of carbonyl (C=O) groups is 2. The second-order valence-corrected chi connectivity index (χ2v) is 8.60. The topological polar surface area (TPSA) is 68.7 Å². The number of ether oxygens (including phenoxy) is 2. The molecular formula is C23H22N2O4S. The molecule has 1 aromatic heterocycles. The summed E-state index contributed by atoms with van der Waals surface area (Å²) < 4.78 is 10.6. The Morgan fingerprint density at radius 1 is 1.20 bits per heavy atom. The molecule has 0 bridgehead atoms. The number of amides is 1. The molecule has 4 rings (SSSR count). The minimum Gasteiger partial charge on any atom is -0.479 e. The van der Waals surface area contributed by atoms with Crippen molar-refractivity contribution in [3.63, 3.8) is 0 Å². The molecule has 1 aliphatic heterocycles. The lowest BCUT2D eigenvalue weighted by atomic mass is 10.1. The van der Waals surface area contributed by atoms with Crippen LogP contribution in [0.1, 0.15) is 32.7 Å². The first kappa shape index (κ1) is 20.1. The molecule has 2 aromatic carbocycles. The van der Waals surface area contributed by atoms with Gasteiger partial charge in [-0.3, -0.25) is 4.79 Å². The van der Waals surface area contributed by atoms with Crippen molar-refractivity contribution in [2.45, 2.75) is 33.4 Å². The molecule has 0 radical (unpaired) electrons. The molecule has 0 saturated heterocycles. The van der Waals surface area contributed by atoms with E-state index in [1.165, 1.54) is 7.11 Å². The van der Waals surface area contributed by atoms with Crippen molar-refractivity contribution in [2.24, 2.45) is 0 Å². The smallest absolute Gasteiger partial charge is 0.337 e. The number of carbonyl (C=O) groups excluding carboxylic acids is 2. The molecule has 7 heteroatoms. The molecular weight excluding hydrogens is 400 g/mol. The molecule has 0 N–H and O–H groups in total. The second kappa shape index (κ2) is 7.91. The Morgan fingerprint density at radius 2 is 1.93 bits per heavy atom. The maximum Gasteiger partial charge on any atom is 0.337 e. The van der Waals surface area contributed by atoms with Crippen LogP contribution in [0.15, 0.2) is 42.5 Å². The standard InChI is InChI=1S/C23H22N2O4S/c1-13-22(26)25(12-16-5-7-17(8-6-16)23(27)28-4)19-11-18(9-10-20(19)29-13)21-14(2)30-15(3)24-21/h5-11,13H,12H2,1-4H3. The summed E-state index contributed by atoms with van der Waals surface area (Å²) in [5.74, 6) is 0.172. The maximum atomic E-state index is 12.9. The number of nitrogens with zero attached hydrogens (tertiary/aromatic N) is 2. The van der Waals surface area contributed by atoms with E-state index in [2.05, 4.69) is 4.98 Å². The van der Waals surface area contributed by atoms with E-state index in [1.807, 2.05) is 44.2 Å². The highest BCUT2D eigenvalue weighted by Gasteiger charge is 2.32. The van der Waals surface area contributed by atoms with Gasteiger partial charge in [0.25, 0.3) is 5.91 Å². The van der Waals surface area contributed by atoms with Crippen molar-refractivity contribution in [1.82, 2.24) is 4.98 Å². The number of hydrogen-bond acceptors (Lipinski definition) is 6. The van der Waals surface area contributed by atoms with Crippen LogP contribution < -0.4 is 9.64 Å². The number of esters is 1. The molecule has 6 nitrogen and oxygen atoms in total. The third-order valence-corrected chi connectivity index (χ3v) is 5.95. The number of hydrogen-bond donors (Lipinski definition) is 0. The van der Waals surface area contributed by atoms with Crippen molar-refractivity contribution >= 4 is 28.9 Å². The van der Waals surface area contributed by atoms with Crippen LogP contribution in [-0.2, 0) is 16.1 Å². The van der Waals surface area contributed by atoms with Gasteiger partial charge in [-0.15, -0.1) is 11.3 Å². The normalized spacial score (nSPS) is 15.5. The Labute approximate surface area is 179 Å². The van der Waals surface area contributed by atoms with Crippen molar-refractivity contribution in [2.75, 3.05) is 12.0 Å². The Morgan fingerprint density at radius 3 is 2.57 bits per heavy atom. The van der Waals surface area contributed by atoms with E-state index in [1.54, 1.807) is 35.3 Å². The lowest BCUT2D eigenvalue weighted by Crippen LogP contribution is -2.44. The monoisotopic (exact) mass is 422 g/mol. The predicted octanol–water partition coefficient (Wildman–Crippen LogP) is 4.53. The van der Waals surface area contributed by atoms with Crippen LogP contribution in [0.3, 0.4) is 0 Å². The lowest BCUT2D eigenvalue weighted by molar-refractivity contribution is -0.125. The largest absolute Gasteiger partial charge is 0.479 e. The van der Waals surface area contributed by atoms with Gasteiger partial charge in [-0.25, -0.2) is 9.78 Å². The molecule has 0 spiro atoms. The van der Waals surface area contributed by atoms with Crippen molar-refractivity contribution in [1.29, 1.82) is 0 Å². The molecule has 2 heterocycles. The number of aryl methyl sites for hydroxylation is 2. The minimum atomic E-state index is -0.569. The summed E-state index contributed by atoms with van der Waals surface area (Å²) in [6.45, 7) is 6.15. The number of benzene rings is 2. The third kappa shape index (κ3) is 3.68. The summed E-state index contributed by atoms with van der Waals surface area (Å²) in [5.41, 5.74) is 3.97. The van der Waals surface area contributed by atoms with Crippen LogP contribution in [0.5, 0.6) is 5.75 Å². The average Bonchev–Trinajstić information content (AvgIpc) is 3.09. The van der Waals surface area contributed by atoms with Gasteiger partial charge in [0.2, 0.25) is 0 Å². The van der Waals surface area contributed by atoms with Crippen LogP contribution in [0.25, 0.3) is 11.3 Å². The maximum absolute atomic E-state index is 12.9. The molecule has 30 heavy (non-hydrogen) atoms. The Bertz CT molecular complexity index is 1120. The highest BCUT2D eigenvalue weighted by Crippen LogP contribution is 2.39. The van der Waals surface area contributed by atoms with Gasteiger partial charge in [0.1, 0.15) is 5.75 Å². The van der Waals surface area contributed by atoms with E-state index in [9.17, 15) is 9.59 Å². The van der Waals surface area contributed by atoms with E-state index in [-0.39, 0.29) is 11.9 Å². The fourth-order valence-corrected chi connectivity index (χ4v) is 4.40. The van der Waals surface area contributed by atoms with Gasteiger partial charge in [-0.05, 0) is 56.7 Å². The highest BCUT2D eigenvalue weighted by atomic mass is 32.1. The first-order valence-electron chi connectivity index (χ1n) is 9.61. The summed E-state index contributed by atoms with van der Waals surface area (Å²) in [6, 6.07) is 12.9. The molecule has 154 valence electrons. The van der Waals surface area contributed by atoms with Crippen LogP contribution >= 0.6 is 11.3 Å². The lowest BCUT2D eigenvalue weighted by Gasteiger charge is -2.33. The third-order valence-electron chi connectivity index (χ3n) is 5.06. The minimum absolute atomic E-state index is 0.108. The van der Waals surface area contributed by atoms with Gasteiger partial charge in [0.15, 0.2) is 6.10 Å². The summed E-state index contributed by atoms with van der Waals surface area (Å²) >= 11 is 1.65. The van der Waals surface area contributed by atoms with Gasteiger partial charge in [0, 0.05) is 10.4 Å². The highest BCUT2D eigenvalue weighted by molar-refractivity contribution is 7.11. The number of methoxy groups -OCH3 is 1. The first-order valence-corrected chi connectivity index (χ1v) is 10.4. The molecule has 1 aliphatic rings. The number of rotatable bonds is 4. The van der Waals surface area contributed by atoms with E-state index in [0.717, 1.165) is 32.4 Å². The number of aromatic nitrogens is 1. The molecule has 1 atom stereocenters. The second-order valence-electron chi connectivity index (χ2n) is 7.19. The molecule has 0 fully saturated rings. The van der Waals surface area contributed by atoms with Gasteiger partial charge in [-0.1, -0.05) is 12.1 Å². The molecule has 0 saturated carbocycles. The van der Waals surface area contributed by atoms with Gasteiger partial charge >= 0.3 is 5.97 Å². The van der Waals surface area contributed by atoms with Crippen molar-refractivity contribution in [3.8, 4) is 17.0 Å².